The van der Waals surface area contributed by atoms with E-state index in [1.165, 1.54) is 0 Å². The Kier molecular flexibility index (Phi) is 4.97. The molecule has 0 aromatic heterocycles. The molecule has 2 N–H and O–H groups in total. The highest BCUT2D eigenvalue weighted by Crippen LogP contribution is 2.22. The first-order valence-corrected chi connectivity index (χ1v) is 5.60. The van der Waals surface area contributed by atoms with Gasteiger partial charge in [0.05, 0.1) is 13.7 Å². The van der Waals surface area contributed by atoms with Gasteiger partial charge in [0, 0.05) is 18.5 Å². The van der Waals surface area contributed by atoms with Crippen LogP contribution in [0.25, 0.3) is 0 Å². The number of carbonyl (C=O) groups is 1. The van der Waals surface area contributed by atoms with Gasteiger partial charge in [-0.05, 0) is 31.0 Å². The summed E-state index contributed by atoms with van der Waals surface area (Å²) in [7, 11) is 1.61. The van der Waals surface area contributed by atoms with Crippen molar-refractivity contribution < 1.29 is 14.6 Å². The highest BCUT2D eigenvalue weighted by Gasteiger charge is 2.07. The molecule has 1 rings (SSSR count). The molecule has 0 heterocycles. The number of rotatable bonds is 5. The Morgan fingerprint density at radius 1 is 1.35 bits per heavy atom. The lowest BCUT2D eigenvalue weighted by Gasteiger charge is -2.12. The van der Waals surface area contributed by atoms with Crippen LogP contribution in [-0.4, -0.2) is 24.7 Å². The van der Waals surface area contributed by atoms with E-state index in [0.717, 1.165) is 22.4 Å². The standard InChI is InChI=1S/C13H19NO3/c1-9-6-11(8-14-13(16)4-5-15)12(17-3)7-10(9)2/h6-7,15H,4-5,8H2,1-3H3,(H,14,16). The fraction of sp³-hybridized carbons (Fsp3) is 0.462. The van der Waals surface area contributed by atoms with Gasteiger partial charge in [-0.1, -0.05) is 6.07 Å². The summed E-state index contributed by atoms with van der Waals surface area (Å²) in [6, 6.07) is 3.97. The van der Waals surface area contributed by atoms with Crippen molar-refractivity contribution in [3.63, 3.8) is 0 Å². The highest BCUT2D eigenvalue weighted by molar-refractivity contribution is 5.76. The molecule has 0 unspecified atom stereocenters. The monoisotopic (exact) mass is 237 g/mol. The maximum atomic E-state index is 11.3. The number of methoxy groups -OCH3 is 1. The molecule has 0 spiro atoms. The van der Waals surface area contributed by atoms with Gasteiger partial charge < -0.3 is 15.2 Å². The number of ether oxygens (including phenoxy) is 1. The lowest BCUT2D eigenvalue weighted by Crippen LogP contribution is -2.23. The molecule has 0 saturated heterocycles. The van der Waals surface area contributed by atoms with Gasteiger partial charge >= 0.3 is 0 Å². The van der Waals surface area contributed by atoms with Crippen molar-refractivity contribution in [1.29, 1.82) is 0 Å². The maximum absolute atomic E-state index is 11.3. The van der Waals surface area contributed by atoms with Crippen molar-refractivity contribution in [3.05, 3.63) is 28.8 Å². The Balaban J connectivity index is 2.76. The lowest BCUT2D eigenvalue weighted by molar-refractivity contribution is -0.121. The zero-order valence-electron chi connectivity index (χ0n) is 10.5. The third-order valence-corrected chi connectivity index (χ3v) is 2.71. The molecule has 94 valence electrons. The second-order valence-electron chi connectivity index (χ2n) is 4.00. The van der Waals surface area contributed by atoms with Crippen molar-refractivity contribution >= 4 is 5.91 Å². The van der Waals surface area contributed by atoms with E-state index in [1.807, 2.05) is 26.0 Å². The third-order valence-electron chi connectivity index (χ3n) is 2.71. The minimum atomic E-state index is -0.159. The Bertz CT molecular complexity index is 402. The van der Waals surface area contributed by atoms with Crippen LogP contribution in [0.5, 0.6) is 5.75 Å². The summed E-state index contributed by atoms with van der Waals surface area (Å²) in [5, 5.41) is 11.4. The van der Waals surface area contributed by atoms with Gasteiger partial charge in [0.15, 0.2) is 0 Å². The summed E-state index contributed by atoms with van der Waals surface area (Å²) in [6.07, 6.45) is 0.132. The van der Waals surface area contributed by atoms with Crippen LogP contribution in [0.4, 0.5) is 0 Å². The van der Waals surface area contributed by atoms with E-state index < -0.39 is 0 Å². The van der Waals surface area contributed by atoms with Crippen LogP contribution in [0, 0.1) is 13.8 Å². The van der Waals surface area contributed by atoms with E-state index in [9.17, 15) is 4.79 Å². The molecule has 0 saturated carbocycles. The molecule has 0 atom stereocenters. The number of amides is 1. The van der Waals surface area contributed by atoms with E-state index in [2.05, 4.69) is 5.32 Å². The van der Waals surface area contributed by atoms with Crippen molar-refractivity contribution in [1.82, 2.24) is 5.32 Å². The Morgan fingerprint density at radius 2 is 2.00 bits per heavy atom. The first kappa shape index (κ1) is 13.5. The average Bonchev–Trinajstić information content (AvgIpc) is 2.30. The van der Waals surface area contributed by atoms with Crippen molar-refractivity contribution in [3.8, 4) is 5.75 Å². The van der Waals surface area contributed by atoms with Crippen molar-refractivity contribution in [2.45, 2.75) is 26.8 Å². The predicted octanol–water partition coefficient (Wildman–Crippen LogP) is 1.31. The molecule has 1 aromatic carbocycles. The van der Waals surface area contributed by atoms with E-state index in [0.29, 0.717) is 6.54 Å². The second kappa shape index (κ2) is 6.25. The highest BCUT2D eigenvalue weighted by atomic mass is 16.5. The average molecular weight is 237 g/mol. The predicted molar refractivity (Wildman–Crippen MR) is 66.0 cm³/mol. The van der Waals surface area contributed by atoms with Gasteiger partial charge in [-0.3, -0.25) is 4.79 Å². The van der Waals surface area contributed by atoms with E-state index >= 15 is 0 Å². The molecule has 0 radical (unpaired) electrons. The van der Waals surface area contributed by atoms with Gasteiger partial charge in [0.2, 0.25) is 5.91 Å². The summed E-state index contributed by atoms with van der Waals surface area (Å²) in [4.78, 5) is 11.3. The van der Waals surface area contributed by atoms with E-state index in [4.69, 9.17) is 9.84 Å². The Hall–Kier alpha value is -1.55. The van der Waals surface area contributed by atoms with Crippen LogP contribution in [0.2, 0.25) is 0 Å². The normalized spacial score (nSPS) is 10.1. The maximum Gasteiger partial charge on any atom is 0.222 e. The number of carbonyl (C=O) groups excluding carboxylic acids is 1. The lowest BCUT2D eigenvalue weighted by atomic mass is 10.0. The minimum Gasteiger partial charge on any atom is -0.496 e. The first-order chi connectivity index (χ1) is 8.08. The van der Waals surface area contributed by atoms with Crippen LogP contribution in [0.15, 0.2) is 12.1 Å². The summed E-state index contributed by atoms with van der Waals surface area (Å²) in [6.45, 7) is 4.33. The van der Waals surface area contributed by atoms with Crippen molar-refractivity contribution in [2.24, 2.45) is 0 Å². The number of aryl methyl sites for hydroxylation is 2. The third kappa shape index (κ3) is 3.75. The van der Waals surface area contributed by atoms with E-state index in [-0.39, 0.29) is 18.9 Å². The Morgan fingerprint density at radius 3 is 2.59 bits per heavy atom. The topological polar surface area (TPSA) is 58.6 Å². The van der Waals surface area contributed by atoms with Crippen LogP contribution >= 0.6 is 0 Å². The van der Waals surface area contributed by atoms with Crippen LogP contribution in [0.1, 0.15) is 23.1 Å². The number of hydrogen-bond acceptors (Lipinski definition) is 3. The summed E-state index contributed by atoms with van der Waals surface area (Å²) in [5.74, 6) is 0.616. The summed E-state index contributed by atoms with van der Waals surface area (Å²) < 4.78 is 5.27. The number of benzene rings is 1. The number of aliphatic hydroxyl groups excluding tert-OH is 1. The fourth-order valence-corrected chi connectivity index (χ4v) is 1.56. The quantitative estimate of drug-likeness (QED) is 0.811. The summed E-state index contributed by atoms with van der Waals surface area (Å²) in [5.41, 5.74) is 3.27. The van der Waals surface area contributed by atoms with E-state index in [1.54, 1.807) is 7.11 Å². The smallest absolute Gasteiger partial charge is 0.222 e. The molecule has 0 bridgehead atoms. The molecule has 4 nitrogen and oxygen atoms in total. The number of hydrogen-bond donors (Lipinski definition) is 2. The molecule has 17 heavy (non-hydrogen) atoms. The van der Waals surface area contributed by atoms with Gasteiger partial charge in [-0.25, -0.2) is 0 Å². The summed E-state index contributed by atoms with van der Waals surface area (Å²) >= 11 is 0. The molecule has 0 aliphatic rings. The van der Waals surface area contributed by atoms with Gasteiger partial charge in [0.25, 0.3) is 0 Å². The molecule has 1 amide bonds. The van der Waals surface area contributed by atoms with Crippen LogP contribution in [0.3, 0.4) is 0 Å². The van der Waals surface area contributed by atoms with Gasteiger partial charge in [-0.15, -0.1) is 0 Å². The second-order valence-corrected chi connectivity index (χ2v) is 4.00. The largest absolute Gasteiger partial charge is 0.496 e. The zero-order valence-corrected chi connectivity index (χ0v) is 10.5. The minimum absolute atomic E-state index is 0.129. The SMILES string of the molecule is COc1cc(C)c(C)cc1CNC(=O)CCO. The molecular formula is C13H19NO3. The number of aliphatic hydroxyl groups is 1. The van der Waals surface area contributed by atoms with Crippen LogP contribution < -0.4 is 10.1 Å². The zero-order chi connectivity index (χ0) is 12.8. The fourth-order valence-electron chi connectivity index (χ4n) is 1.56. The van der Waals surface area contributed by atoms with Gasteiger partial charge in [0.1, 0.15) is 5.75 Å². The van der Waals surface area contributed by atoms with Crippen molar-refractivity contribution in [2.75, 3.05) is 13.7 Å². The molecule has 0 fully saturated rings. The molecule has 1 aromatic rings. The molecular weight excluding hydrogens is 218 g/mol. The number of nitrogens with one attached hydrogen (secondary N) is 1. The molecule has 0 aliphatic carbocycles. The molecule has 4 heteroatoms. The molecule has 0 aliphatic heterocycles. The Labute approximate surface area is 102 Å². The van der Waals surface area contributed by atoms with Crippen LogP contribution in [-0.2, 0) is 11.3 Å². The van der Waals surface area contributed by atoms with Gasteiger partial charge in [-0.2, -0.15) is 0 Å². The first-order valence-electron chi connectivity index (χ1n) is 5.60.